The highest BCUT2D eigenvalue weighted by molar-refractivity contribution is 6.39. The third-order valence-corrected chi connectivity index (χ3v) is 12.3. The van der Waals surface area contributed by atoms with Crippen molar-refractivity contribution in [3.63, 3.8) is 0 Å². The lowest BCUT2D eigenvalue weighted by Crippen LogP contribution is -2.53. The third kappa shape index (κ3) is 10.5. The van der Waals surface area contributed by atoms with Crippen molar-refractivity contribution in [3.8, 4) is 0 Å². The van der Waals surface area contributed by atoms with Crippen LogP contribution in [-0.4, -0.2) is 81.5 Å². The lowest BCUT2D eigenvalue weighted by molar-refractivity contribution is -0.149. The Bertz CT molecular complexity index is 1650. The van der Waals surface area contributed by atoms with E-state index in [9.17, 15) is 24.0 Å². The summed E-state index contributed by atoms with van der Waals surface area (Å²) in [5.41, 5.74) is 0.322. The van der Waals surface area contributed by atoms with Crippen LogP contribution in [0.5, 0.6) is 0 Å². The highest BCUT2D eigenvalue weighted by Gasteiger charge is 2.51. The van der Waals surface area contributed by atoms with E-state index in [-0.39, 0.29) is 60.4 Å². The number of nitrogens with zero attached hydrogens (tertiary/aromatic N) is 4. The Labute approximate surface area is 326 Å². The lowest BCUT2D eigenvalue weighted by atomic mass is 9.73. The van der Waals surface area contributed by atoms with Gasteiger partial charge in [-0.3, -0.25) is 33.8 Å². The molecule has 298 valence electrons. The molecule has 6 atom stereocenters. The zero-order chi connectivity index (χ0) is 39.7. The normalized spacial score (nSPS) is 21.8. The number of anilines is 1. The molecule has 2 heterocycles. The molecule has 0 spiro atoms. The Morgan fingerprint density at radius 1 is 0.909 bits per heavy atom. The minimum absolute atomic E-state index is 0.0512. The Balaban J connectivity index is 1.36. The molecule has 2 unspecified atom stereocenters. The van der Waals surface area contributed by atoms with E-state index in [1.165, 1.54) is 18.6 Å². The molecule has 2 aromatic rings. The number of para-hydroxylation sites is 1. The monoisotopic (exact) mass is 755 g/mol. The number of ketones is 4. The van der Waals surface area contributed by atoms with E-state index in [2.05, 4.69) is 15.3 Å². The summed E-state index contributed by atoms with van der Waals surface area (Å²) >= 11 is 0. The molecule has 0 radical (unpaired) electrons. The zero-order valence-electron chi connectivity index (χ0n) is 33.5. The first-order valence-electron chi connectivity index (χ1n) is 20.6. The second-order valence-corrected chi connectivity index (χ2v) is 17.3. The molecule has 11 heteroatoms. The van der Waals surface area contributed by atoms with Gasteiger partial charge in [0.1, 0.15) is 5.69 Å². The van der Waals surface area contributed by atoms with Crippen molar-refractivity contribution in [2.45, 2.75) is 136 Å². The summed E-state index contributed by atoms with van der Waals surface area (Å²) < 4.78 is 0. The number of nitrogens with one attached hydrogen (secondary N) is 1. The highest BCUT2D eigenvalue weighted by atomic mass is 16.2. The summed E-state index contributed by atoms with van der Waals surface area (Å²) in [5.74, 6) is -3.52. The molecular formula is C44H61N5O6. The summed E-state index contributed by atoms with van der Waals surface area (Å²) in [6, 6.07) is 7.77. The van der Waals surface area contributed by atoms with Crippen LogP contribution >= 0.6 is 0 Å². The molecule has 1 saturated heterocycles. The number of likely N-dealkylation sites (tertiary alicyclic amines) is 1. The fourth-order valence-corrected chi connectivity index (χ4v) is 9.24. The predicted molar refractivity (Wildman–Crippen MR) is 211 cm³/mol. The van der Waals surface area contributed by atoms with E-state index < -0.39 is 46.8 Å². The summed E-state index contributed by atoms with van der Waals surface area (Å²) in [6.07, 6.45) is 14.0. The molecule has 2 aliphatic carbocycles. The van der Waals surface area contributed by atoms with Crippen LogP contribution in [0.4, 0.5) is 5.69 Å². The van der Waals surface area contributed by atoms with Gasteiger partial charge in [-0.15, -0.1) is 0 Å². The molecule has 2 amide bonds. The van der Waals surface area contributed by atoms with Crippen molar-refractivity contribution in [3.05, 3.63) is 54.6 Å². The molecule has 3 fully saturated rings. The largest absolute Gasteiger partial charge is 0.367 e. The predicted octanol–water partition coefficient (Wildman–Crippen LogP) is 6.59. The summed E-state index contributed by atoms with van der Waals surface area (Å²) in [4.78, 5) is 95.9. The van der Waals surface area contributed by atoms with Crippen LogP contribution in [0.25, 0.3) is 0 Å². The van der Waals surface area contributed by atoms with E-state index >= 15 is 4.79 Å². The van der Waals surface area contributed by atoms with E-state index in [1.807, 2.05) is 58.0 Å². The van der Waals surface area contributed by atoms with Gasteiger partial charge in [-0.25, -0.2) is 4.98 Å². The Hall–Kier alpha value is -4.28. The molecule has 1 N–H and O–H groups in total. The number of hydrogen-bond acceptors (Lipinski definition) is 9. The average molecular weight is 756 g/mol. The van der Waals surface area contributed by atoms with Crippen LogP contribution in [-0.2, 0) is 24.0 Å². The average Bonchev–Trinajstić information content (AvgIpc) is 3.58. The van der Waals surface area contributed by atoms with Gasteiger partial charge in [-0.05, 0) is 67.9 Å². The van der Waals surface area contributed by atoms with Gasteiger partial charge in [-0.2, -0.15) is 0 Å². The van der Waals surface area contributed by atoms with Crippen LogP contribution in [0.2, 0.25) is 0 Å². The van der Waals surface area contributed by atoms with Gasteiger partial charge in [0.2, 0.25) is 17.5 Å². The van der Waals surface area contributed by atoms with E-state index in [0.717, 1.165) is 63.5 Å². The number of rotatable bonds is 17. The van der Waals surface area contributed by atoms with Gasteiger partial charge >= 0.3 is 0 Å². The van der Waals surface area contributed by atoms with Gasteiger partial charge in [0, 0.05) is 55.8 Å². The first kappa shape index (κ1) is 41.9. The molecular weight excluding hydrogens is 695 g/mol. The molecule has 1 aliphatic heterocycles. The molecule has 55 heavy (non-hydrogen) atoms. The van der Waals surface area contributed by atoms with Gasteiger partial charge in [0.15, 0.2) is 11.6 Å². The molecule has 1 aromatic heterocycles. The fraction of sp³-hybridized carbons (Fsp3) is 0.636. The topological polar surface area (TPSA) is 147 Å². The molecule has 5 rings (SSSR count). The van der Waals surface area contributed by atoms with Gasteiger partial charge in [-0.1, -0.05) is 84.4 Å². The number of aromatic nitrogens is 2. The molecule has 2 saturated carbocycles. The summed E-state index contributed by atoms with van der Waals surface area (Å²) in [5, 5.41) is 2.98. The maximum absolute atomic E-state index is 15.0. The van der Waals surface area contributed by atoms with Crippen molar-refractivity contribution >= 4 is 40.6 Å². The second-order valence-electron chi connectivity index (χ2n) is 17.3. The summed E-state index contributed by atoms with van der Waals surface area (Å²) in [7, 11) is 1.77. The maximum Gasteiger partial charge on any atom is 0.272 e. The Morgan fingerprint density at radius 2 is 1.60 bits per heavy atom. The van der Waals surface area contributed by atoms with Crippen LogP contribution in [0.15, 0.2) is 48.9 Å². The number of amides is 2. The number of fused-ring (bicyclic) bond motifs is 1. The van der Waals surface area contributed by atoms with Crippen LogP contribution in [0.3, 0.4) is 0 Å². The van der Waals surface area contributed by atoms with Gasteiger partial charge in [0.25, 0.3) is 5.91 Å². The highest BCUT2D eigenvalue weighted by Crippen LogP contribution is 2.44. The Kier molecular flexibility index (Phi) is 14.5. The number of likely N-dealkylation sites (N-methyl/N-ethyl adjacent to an activating group) is 1. The quantitative estimate of drug-likeness (QED) is 0.177. The molecule has 3 aliphatic rings. The van der Waals surface area contributed by atoms with E-state index in [1.54, 1.807) is 16.8 Å². The standard InChI is InChI=1S/C44H61N5O6/c1-6-15-31(41(53)39(52)28-48(5)32-19-11-8-12-20-32)25-37(50)36-24-30-18-13-14-21-35(30)49(36)43(55)33(44(2,3)4)26-38(51)40(29-16-9-7-10-17-29)47-42(54)34-27-45-22-23-46-34/h8,11-12,19-20,22-23,27,29-31,33,35-36,40H,6-7,9-10,13-18,21,24-26,28H2,1-5H3,(H,47,54)/t30?,31-,33-,35?,36+,40+/m1/s1. The minimum atomic E-state index is -0.773. The third-order valence-electron chi connectivity index (χ3n) is 12.3. The number of carbonyl (C=O) groups is 6. The SMILES string of the molecule is CCC[C@H](CC(=O)[C@@H]1CC2CCCCC2N1C(=O)[C@@H](CC(=O)[C@@H](NC(=O)c1cnccn1)C1CCCCC1)C(C)(C)C)C(=O)C(=O)CN(C)c1ccccc1. The van der Waals surface area contributed by atoms with E-state index in [0.29, 0.717) is 19.3 Å². The molecule has 1 aromatic carbocycles. The number of Topliss-reactive ketones (excluding diaryl/α,β-unsaturated/α-hetero) is 4. The second kappa shape index (κ2) is 19.0. The summed E-state index contributed by atoms with van der Waals surface area (Å²) in [6.45, 7) is 7.71. The van der Waals surface area contributed by atoms with Crippen molar-refractivity contribution in [1.82, 2.24) is 20.2 Å². The first-order chi connectivity index (χ1) is 26.3. The number of hydrogen-bond donors (Lipinski definition) is 1. The van der Waals surface area contributed by atoms with Crippen molar-refractivity contribution in [2.75, 3.05) is 18.5 Å². The van der Waals surface area contributed by atoms with Crippen molar-refractivity contribution < 1.29 is 28.8 Å². The maximum atomic E-state index is 15.0. The molecule has 11 nitrogen and oxygen atoms in total. The number of carbonyl (C=O) groups excluding carboxylic acids is 6. The smallest absolute Gasteiger partial charge is 0.272 e. The minimum Gasteiger partial charge on any atom is -0.367 e. The fourth-order valence-electron chi connectivity index (χ4n) is 9.24. The Morgan fingerprint density at radius 3 is 2.25 bits per heavy atom. The van der Waals surface area contributed by atoms with Crippen molar-refractivity contribution in [1.29, 1.82) is 0 Å². The zero-order valence-corrected chi connectivity index (χ0v) is 33.5. The van der Waals surface area contributed by atoms with Crippen molar-refractivity contribution in [2.24, 2.45) is 29.1 Å². The number of benzene rings is 1. The van der Waals surface area contributed by atoms with Gasteiger partial charge in [0.05, 0.1) is 24.8 Å². The van der Waals surface area contributed by atoms with E-state index in [4.69, 9.17) is 0 Å². The van der Waals surface area contributed by atoms with Crippen LogP contribution in [0, 0.1) is 29.1 Å². The van der Waals surface area contributed by atoms with Crippen LogP contribution in [0.1, 0.15) is 128 Å². The van der Waals surface area contributed by atoms with Crippen LogP contribution < -0.4 is 10.2 Å². The first-order valence-corrected chi connectivity index (χ1v) is 20.6. The van der Waals surface area contributed by atoms with Gasteiger partial charge < -0.3 is 15.1 Å². The lowest BCUT2D eigenvalue weighted by Gasteiger charge is -2.40. The molecule has 0 bridgehead atoms.